The van der Waals surface area contributed by atoms with Crippen molar-refractivity contribution in [2.24, 2.45) is 0 Å². The highest BCUT2D eigenvalue weighted by atomic mass is 35.5. The average molecular weight is 215 g/mol. The molecule has 0 aliphatic heterocycles. The number of carbonyl (C=O) groups excluding carboxylic acids is 1. The third-order valence-corrected chi connectivity index (χ3v) is 2.06. The molecule has 0 aromatic heterocycles. The van der Waals surface area contributed by atoms with E-state index in [1.165, 1.54) is 12.1 Å². The molecule has 76 valence electrons. The van der Waals surface area contributed by atoms with Crippen molar-refractivity contribution in [3.8, 4) is 5.75 Å². The Balaban J connectivity index is 2.95. The normalized spacial score (nSPS) is 9.86. The zero-order chi connectivity index (χ0) is 10.7. The molecule has 0 saturated heterocycles. The highest BCUT2D eigenvalue weighted by Crippen LogP contribution is 2.30. The lowest BCUT2D eigenvalue weighted by molar-refractivity contribution is -0.134. The minimum Gasteiger partial charge on any atom is -0.426 e. The fourth-order valence-electron chi connectivity index (χ4n) is 0.904. The van der Waals surface area contributed by atoms with Crippen LogP contribution in [0.15, 0.2) is 12.1 Å². The van der Waals surface area contributed by atoms with Crippen molar-refractivity contribution in [2.75, 3.05) is 11.5 Å². The van der Waals surface area contributed by atoms with Crippen LogP contribution in [0.2, 0.25) is 5.02 Å². The quantitative estimate of drug-likeness (QED) is 0.447. The van der Waals surface area contributed by atoms with E-state index in [9.17, 15) is 4.79 Å². The summed E-state index contributed by atoms with van der Waals surface area (Å²) >= 11 is 5.73. The van der Waals surface area contributed by atoms with Gasteiger partial charge in [-0.3, -0.25) is 4.79 Å². The SMILES string of the molecule is CCC(=O)Oc1cc(N)c(Cl)c(N)c1. The van der Waals surface area contributed by atoms with Crippen LogP contribution >= 0.6 is 11.6 Å². The van der Waals surface area contributed by atoms with E-state index in [2.05, 4.69) is 0 Å². The van der Waals surface area contributed by atoms with Gasteiger partial charge in [-0.05, 0) is 0 Å². The molecule has 1 aromatic carbocycles. The molecule has 0 aliphatic carbocycles. The van der Waals surface area contributed by atoms with Gasteiger partial charge in [0.15, 0.2) is 0 Å². The molecular weight excluding hydrogens is 204 g/mol. The van der Waals surface area contributed by atoms with Crippen molar-refractivity contribution in [3.05, 3.63) is 17.2 Å². The molecule has 1 rings (SSSR count). The molecule has 14 heavy (non-hydrogen) atoms. The predicted octanol–water partition coefficient (Wildman–Crippen LogP) is 1.82. The van der Waals surface area contributed by atoms with Crippen LogP contribution < -0.4 is 16.2 Å². The minimum absolute atomic E-state index is 0.279. The van der Waals surface area contributed by atoms with Gasteiger partial charge in [-0.15, -0.1) is 0 Å². The smallest absolute Gasteiger partial charge is 0.310 e. The Kier molecular flexibility index (Phi) is 3.19. The van der Waals surface area contributed by atoms with Crippen LogP contribution in [0.1, 0.15) is 13.3 Å². The van der Waals surface area contributed by atoms with Crippen LogP contribution in [0.3, 0.4) is 0 Å². The molecule has 0 radical (unpaired) electrons. The number of carbonyl (C=O) groups is 1. The summed E-state index contributed by atoms with van der Waals surface area (Å²) in [7, 11) is 0. The number of benzene rings is 1. The summed E-state index contributed by atoms with van der Waals surface area (Å²) in [6.07, 6.45) is 0.294. The van der Waals surface area contributed by atoms with Gasteiger partial charge in [0.25, 0.3) is 0 Å². The number of nitrogens with two attached hydrogens (primary N) is 2. The molecule has 0 amide bonds. The molecule has 0 saturated carbocycles. The second-order valence-corrected chi connectivity index (χ2v) is 3.12. The number of nitrogen functional groups attached to an aromatic ring is 2. The number of ether oxygens (including phenoxy) is 1. The molecule has 0 heterocycles. The van der Waals surface area contributed by atoms with Crippen LogP contribution in [0.4, 0.5) is 11.4 Å². The number of hydrogen-bond acceptors (Lipinski definition) is 4. The maximum Gasteiger partial charge on any atom is 0.310 e. The molecule has 0 unspecified atom stereocenters. The molecule has 0 bridgehead atoms. The van der Waals surface area contributed by atoms with Crippen molar-refractivity contribution in [3.63, 3.8) is 0 Å². The van der Waals surface area contributed by atoms with E-state index in [-0.39, 0.29) is 11.0 Å². The summed E-state index contributed by atoms with van der Waals surface area (Å²) in [5, 5.41) is 0.279. The van der Waals surface area contributed by atoms with Gasteiger partial charge in [0.1, 0.15) is 5.75 Å². The molecule has 1 aromatic rings. The van der Waals surface area contributed by atoms with E-state index in [0.717, 1.165) is 0 Å². The Labute approximate surface area is 86.8 Å². The lowest BCUT2D eigenvalue weighted by Gasteiger charge is -2.07. The van der Waals surface area contributed by atoms with Gasteiger partial charge in [0.05, 0.1) is 16.4 Å². The summed E-state index contributed by atoms with van der Waals surface area (Å²) in [5.74, 6) is -0.0256. The summed E-state index contributed by atoms with van der Waals surface area (Å²) in [5.41, 5.74) is 11.7. The Morgan fingerprint density at radius 2 is 1.93 bits per heavy atom. The average Bonchev–Trinajstić information content (AvgIpc) is 2.14. The van der Waals surface area contributed by atoms with Crippen LogP contribution in [0.5, 0.6) is 5.75 Å². The van der Waals surface area contributed by atoms with Gasteiger partial charge in [0, 0.05) is 18.6 Å². The van der Waals surface area contributed by atoms with Gasteiger partial charge in [-0.25, -0.2) is 0 Å². The monoisotopic (exact) mass is 214 g/mol. The summed E-state index contributed by atoms with van der Waals surface area (Å²) < 4.78 is 4.92. The molecular formula is C9H11ClN2O2. The molecule has 0 atom stereocenters. The van der Waals surface area contributed by atoms with Crippen molar-refractivity contribution >= 4 is 28.9 Å². The summed E-state index contributed by atoms with van der Waals surface area (Å²) in [6, 6.07) is 2.93. The topological polar surface area (TPSA) is 78.3 Å². The van der Waals surface area contributed by atoms with E-state index in [0.29, 0.717) is 23.5 Å². The summed E-state index contributed by atoms with van der Waals surface area (Å²) in [6.45, 7) is 1.70. The Bertz CT molecular complexity index is 343. The van der Waals surface area contributed by atoms with Crippen molar-refractivity contribution in [2.45, 2.75) is 13.3 Å². The summed E-state index contributed by atoms with van der Waals surface area (Å²) in [4.78, 5) is 11.0. The fraction of sp³-hybridized carbons (Fsp3) is 0.222. The lowest BCUT2D eigenvalue weighted by Crippen LogP contribution is -2.06. The zero-order valence-corrected chi connectivity index (χ0v) is 8.47. The number of esters is 1. The van der Waals surface area contributed by atoms with Gasteiger partial charge in [-0.2, -0.15) is 0 Å². The van der Waals surface area contributed by atoms with Crippen molar-refractivity contribution in [1.29, 1.82) is 0 Å². The van der Waals surface area contributed by atoms with Crippen LogP contribution in [-0.2, 0) is 4.79 Å². The number of rotatable bonds is 2. The van der Waals surface area contributed by atoms with Gasteiger partial charge >= 0.3 is 5.97 Å². The van der Waals surface area contributed by atoms with E-state index < -0.39 is 0 Å². The largest absolute Gasteiger partial charge is 0.426 e. The first-order valence-electron chi connectivity index (χ1n) is 4.09. The third kappa shape index (κ3) is 2.29. The van der Waals surface area contributed by atoms with E-state index >= 15 is 0 Å². The first-order valence-corrected chi connectivity index (χ1v) is 4.47. The third-order valence-electron chi connectivity index (χ3n) is 1.62. The van der Waals surface area contributed by atoms with Gasteiger partial charge < -0.3 is 16.2 Å². The zero-order valence-electron chi connectivity index (χ0n) is 7.71. The lowest BCUT2D eigenvalue weighted by atomic mass is 10.2. The minimum atomic E-state index is -0.342. The maximum atomic E-state index is 11.0. The predicted molar refractivity (Wildman–Crippen MR) is 56.2 cm³/mol. The fourth-order valence-corrected chi connectivity index (χ4v) is 1.01. The first kappa shape index (κ1) is 10.7. The van der Waals surface area contributed by atoms with Crippen LogP contribution in [0.25, 0.3) is 0 Å². The van der Waals surface area contributed by atoms with E-state index in [1.807, 2.05) is 0 Å². The van der Waals surface area contributed by atoms with Crippen LogP contribution in [0, 0.1) is 0 Å². The number of hydrogen-bond donors (Lipinski definition) is 2. The van der Waals surface area contributed by atoms with Gasteiger partial charge in [-0.1, -0.05) is 18.5 Å². The maximum absolute atomic E-state index is 11.0. The van der Waals surface area contributed by atoms with E-state index in [4.69, 9.17) is 27.8 Å². The highest BCUT2D eigenvalue weighted by Gasteiger charge is 2.07. The Morgan fingerprint density at radius 3 is 2.36 bits per heavy atom. The van der Waals surface area contributed by atoms with Crippen molar-refractivity contribution < 1.29 is 9.53 Å². The molecule has 4 nitrogen and oxygen atoms in total. The molecule has 0 fully saturated rings. The van der Waals surface area contributed by atoms with Gasteiger partial charge in [0.2, 0.25) is 0 Å². The molecule has 0 aliphatic rings. The molecule has 4 N–H and O–H groups in total. The second-order valence-electron chi connectivity index (χ2n) is 2.74. The highest BCUT2D eigenvalue weighted by molar-refractivity contribution is 6.35. The Hall–Kier alpha value is -1.42. The van der Waals surface area contributed by atoms with E-state index in [1.54, 1.807) is 6.92 Å². The standard InChI is InChI=1S/C9H11ClN2O2/c1-2-8(13)14-5-3-6(11)9(10)7(12)4-5/h3-4H,2,11-12H2,1H3. The Morgan fingerprint density at radius 1 is 1.43 bits per heavy atom. The number of halogens is 1. The molecule has 0 spiro atoms. The molecule has 5 heteroatoms. The van der Waals surface area contributed by atoms with Crippen LogP contribution in [-0.4, -0.2) is 5.97 Å². The van der Waals surface area contributed by atoms with Crippen molar-refractivity contribution in [1.82, 2.24) is 0 Å². The first-order chi connectivity index (χ1) is 6.54. The second kappa shape index (κ2) is 4.19. The number of anilines is 2.